The van der Waals surface area contributed by atoms with Gasteiger partial charge in [-0.25, -0.2) is 4.98 Å². The van der Waals surface area contributed by atoms with Crippen molar-refractivity contribution in [3.63, 3.8) is 0 Å². The summed E-state index contributed by atoms with van der Waals surface area (Å²) in [5, 5.41) is 10.7. The third-order valence-electron chi connectivity index (χ3n) is 3.83. The van der Waals surface area contributed by atoms with Crippen LogP contribution in [0.25, 0.3) is 11.0 Å². The number of para-hydroxylation sites is 2. The molecule has 3 aromatic rings. The quantitative estimate of drug-likeness (QED) is 0.689. The van der Waals surface area contributed by atoms with Crippen molar-refractivity contribution < 1.29 is 23.0 Å². The molecule has 0 aliphatic rings. The predicted molar refractivity (Wildman–Crippen MR) is 91.8 cm³/mol. The molecule has 1 aromatic heterocycles. The van der Waals surface area contributed by atoms with E-state index in [4.69, 9.17) is 16.3 Å². The normalized spacial score (nSPS) is 13.3. The fourth-order valence-corrected chi connectivity index (χ4v) is 2.85. The Balaban J connectivity index is 1.71. The van der Waals surface area contributed by atoms with Crippen LogP contribution in [-0.2, 0) is 24.1 Å². The zero-order chi connectivity index (χ0) is 18.7. The molecule has 1 heterocycles. The number of rotatable bonds is 6. The SMILES string of the molecule is OC(COCc1ccccc1Cl)Cn1c(C(F)(F)F)nc2ccccc21. The number of nitrogens with zero attached hydrogens (tertiary/aromatic N) is 2. The van der Waals surface area contributed by atoms with Crippen LogP contribution in [0.1, 0.15) is 11.4 Å². The number of aromatic nitrogens is 2. The van der Waals surface area contributed by atoms with E-state index in [0.29, 0.717) is 10.5 Å². The van der Waals surface area contributed by atoms with E-state index in [0.717, 1.165) is 10.1 Å². The predicted octanol–water partition coefficient (Wildman–Crippen LogP) is 4.29. The molecule has 2 aromatic carbocycles. The average Bonchev–Trinajstić information content (AvgIpc) is 2.96. The molecular formula is C18H16ClF3N2O2. The van der Waals surface area contributed by atoms with E-state index < -0.39 is 18.1 Å². The first kappa shape index (κ1) is 18.7. The molecule has 4 nitrogen and oxygen atoms in total. The first-order chi connectivity index (χ1) is 12.4. The topological polar surface area (TPSA) is 47.3 Å². The van der Waals surface area contributed by atoms with Crippen molar-refractivity contribution in [1.82, 2.24) is 9.55 Å². The highest BCUT2D eigenvalue weighted by molar-refractivity contribution is 6.31. The molecule has 0 spiro atoms. The summed E-state index contributed by atoms with van der Waals surface area (Å²) in [6.45, 7) is -0.250. The van der Waals surface area contributed by atoms with E-state index in [1.165, 1.54) is 12.1 Å². The van der Waals surface area contributed by atoms with Crippen molar-refractivity contribution in [3.05, 3.63) is 64.9 Å². The highest BCUT2D eigenvalue weighted by Gasteiger charge is 2.37. The van der Waals surface area contributed by atoms with Crippen molar-refractivity contribution in [2.75, 3.05) is 6.61 Å². The number of benzene rings is 2. The van der Waals surface area contributed by atoms with Crippen LogP contribution in [0, 0.1) is 0 Å². The van der Waals surface area contributed by atoms with Crippen molar-refractivity contribution in [1.29, 1.82) is 0 Å². The monoisotopic (exact) mass is 384 g/mol. The molecule has 1 unspecified atom stereocenters. The number of alkyl halides is 3. The van der Waals surface area contributed by atoms with E-state index in [1.54, 1.807) is 36.4 Å². The standard InChI is InChI=1S/C18H16ClF3N2O2/c19-14-6-2-1-5-12(14)10-26-11-13(25)9-24-16-8-4-3-7-15(16)23-17(24)18(20,21)22/h1-8,13,25H,9-11H2. The summed E-state index contributed by atoms with van der Waals surface area (Å²) in [7, 11) is 0. The summed E-state index contributed by atoms with van der Waals surface area (Å²) in [5.74, 6) is -1.04. The maximum absolute atomic E-state index is 13.2. The minimum atomic E-state index is -4.61. The Morgan fingerprint density at radius 3 is 2.54 bits per heavy atom. The number of imidazole rings is 1. The van der Waals surface area contributed by atoms with Crippen molar-refractivity contribution >= 4 is 22.6 Å². The molecule has 0 saturated carbocycles. The van der Waals surface area contributed by atoms with Crippen LogP contribution in [0.5, 0.6) is 0 Å². The molecule has 138 valence electrons. The summed E-state index contributed by atoms with van der Waals surface area (Å²) in [4.78, 5) is 3.65. The number of halogens is 4. The first-order valence-electron chi connectivity index (χ1n) is 7.88. The molecule has 0 bridgehead atoms. The molecule has 0 aliphatic heterocycles. The Kier molecular flexibility index (Phi) is 5.50. The second-order valence-electron chi connectivity index (χ2n) is 5.79. The lowest BCUT2D eigenvalue weighted by molar-refractivity contribution is -0.147. The zero-order valence-corrected chi connectivity index (χ0v) is 14.3. The number of aliphatic hydroxyl groups is 1. The Morgan fingerprint density at radius 2 is 1.81 bits per heavy atom. The second-order valence-corrected chi connectivity index (χ2v) is 6.20. The molecule has 26 heavy (non-hydrogen) atoms. The van der Waals surface area contributed by atoms with Gasteiger partial charge < -0.3 is 14.4 Å². The Hall–Kier alpha value is -2.09. The van der Waals surface area contributed by atoms with E-state index in [9.17, 15) is 18.3 Å². The van der Waals surface area contributed by atoms with Gasteiger partial charge in [0, 0.05) is 5.02 Å². The van der Waals surface area contributed by atoms with Crippen LogP contribution < -0.4 is 0 Å². The molecule has 0 aliphatic carbocycles. The van der Waals surface area contributed by atoms with Gasteiger partial charge in [0.2, 0.25) is 5.82 Å². The van der Waals surface area contributed by atoms with Crippen LogP contribution in [0.4, 0.5) is 13.2 Å². The highest BCUT2D eigenvalue weighted by Crippen LogP contribution is 2.31. The molecular weight excluding hydrogens is 369 g/mol. The Morgan fingerprint density at radius 1 is 1.12 bits per heavy atom. The van der Waals surface area contributed by atoms with Gasteiger partial charge >= 0.3 is 6.18 Å². The van der Waals surface area contributed by atoms with Crippen LogP contribution >= 0.6 is 11.6 Å². The van der Waals surface area contributed by atoms with Gasteiger partial charge in [0.1, 0.15) is 0 Å². The molecule has 1 atom stereocenters. The zero-order valence-electron chi connectivity index (χ0n) is 13.6. The lowest BCUT2D eigenvalue weighted by Crippen LogP contribution is -2.25. The molecule has 0 amide bonds. The van der Waals surface area contributed by atoms with Gasteiger partial charge in [-0.2, -0.15) is 13.2 Å². The van der Waals surface area contributed by atoms with Gasteiger partial charge in [-0.05, 0) is 23.8 Å². The van der Waals surface area contributed by atoms with Gasteiger partial charge in [-0.3, -0.25) is 0 Å². The molecule has 0 radical (unpaired) electrons. The van der Waals surface area contributed by atoms with E-state index in [-0.39, 0.29) is 25.3 Å². The molecule has 8 heteroatoms. The summed E-state index contributed by atoms with van der Waals surface area (Å²) < 4.78 is 46.1. The van der Waals surface area contributed by atoms with Crippen LogP contribution in [0.3, 0.4) is 0 Å². The fourth-order valence-electron chi connectivity index (χ4n) is 2.66. The first-order valence-corrected chi connectivity index (χ1v) is 8.25. The third-order valence-corrected chi connectivity index (χ3v) is 4.20. The highest BCUT2D eigenvalue weighted by atomic mass is 35.5. The maximum atomic E-state index is 13.2. The van der Waals surface area contributed by atoms with Crippen molar-refractivity contribution in [2.24, 2.45) is 0 Å². The number of hydrogen-bond acceptors (Lipinski definition) is 3. The summed E-state index contributed by atoms with van der Waals surface area (Å²) in [6.07, 6.45) is -5.74. The van der Waals surface area contributed by atoms with E-state index in [2.05, 4.69) is 4.98 Å². The second kappa shape index (κ2) is 7.65. The fraction of sp³-hybridized carbons (Fsp3) is 0.278. The van der Waals surface area contributed by atoms with Gasteiger partial charge in [-0.15, -0.1) is 0 Å². The third kappa shape index (κ3) is 4.17. The summed E-state index contributed by atoms with van der Waals surface area (Å²) >= 11 is 6.01. The van der Waals surface area contributed by atoms with Gasteiger partial charge in [-0.1, -0.05) is 41.9 Å². The van der Waals surface area contributed by atoms with Gasteiger partial charge in [0.15, 0.2) is 0 Å². The number of hydrogen-bond donors (Lipinski definition) is 1. The van der Waals surface area contributed by atoms with Gasteiger partial charge in [0.25, 0.3) is 0 Å². The molecule has 1 N–H and O–H groups in total. The minimum absolute atomic E-state index is 0.130. The molecule has 0 fully saturated rings. The van der Waals surface area contributed by atoms with Crippen molar-refractivity contribution in [2.45, 2.75) is 25.4 Å². The largest absolute Gasteiger partial charge is 0.449 e. The molecule has 3 rings (SSSR count). The average molecular weight is 385 g/mol. The van der Waals surface area contributed by atoms with Crippen LogP contribution in [0.2, 0.25) is 5.02 Å². The molecule has 0 saturated heterocycles. The number of ether oxygens (including phenoxy) is 1. The van der Waals surface area contributed by atoms with E-state index in [1.807, 2.05) is 0 Å². The Bertz CT molecular complexity index is 896. The smallest absolute Gasteiger partial charge is 0.389 e. The number of aliphatic hydroxyl groups excluding tert-OH is 1. The maximum Gasteiger partial charge on any atom is 0.449 e. The van der Waals surface area contributed by atoms with Crippen LogP contribution in [-0.4, -0.2) is 27.4 Å². The summed E-state index contributed by atoms with van der Waals surface area (Å²) in [6, 6.07) is 13.3. The van der Waals surface area contributed by atoms with Crippen LogP contribution in [0.15, 0.2) is 48.5 Å². The summed E-state index contributed by atoms with van der Waals surface area (Å²) in [5.41, 5.74) is 1.28. The van der Waals surface area contributed by atoms with Crippen molar-refractivity contribution in [3.8, 4) is 0 Å². The lowest BCUT2D eigenvalue weighted by atomic mass is 10.2. The van der Waals surface area contributed by atoms with Gasteiger partial charge in [0.05, 0.1) is 36.9 Å². The van der Waals surface area contributed by atoms with E-state index >= 15 is 0 Å². The minimum Gasteiger partial charge on any atom is -0.389 e. The lowest BCUT2D eigenvalue weighted by Gasteiger charge is -2.16. The Labute approximate surface area is 152 Å². The number of fused-ring (bicyclic) bond motifs is 1.